The molecule has 2 aliphatic rings. The van der Waals surface area contributed by atoms with Crippen molar-refractivity contribution in [2.24, 2.45) is 0 Å². The Hall–Kier alpha value is -1.88. The van der Waals surface area contributed by atoms with Gasteiger partial charge in [0, 0.05) is 25.2 Å². The Kier molecular flexibility index (Phi) is 3.39. The fourth-order valence-corrected chi connectivity index (χ4v) is 1.76. The summed E-state index contributed by atoms with van der Waals surface area (Å²) < 4.78 is 10.1. The summed E-state index contributed by atoms with van der Waals surface area (Å²) in [4.78, 5) is 25.3. The van der Waals surface area contributed by atoms with E-state index in [9.17, 15) is 9.59 Å². The van der Waals surface area contributed by atoms with Crippen molar-refractivity contribution in [1.82, 2.24) is 4.90 Å². The van der Waals surface area contributed by atoms with E-state index in [1.165, 1.54) is 12.2 Å². The molecule has 0 radical (unpaired) electrons. The van der Waals surface area contributed by atoms with Gasteiger partial charge in [-0.05, 0) is 0 Å². The topological polar surface area (TPSA) is 55.8 Å². The normalized spacial score (nSPS) is 20.8. The molecule has 5 nitrogen and oxygen atoms in total. The number of allylic oxidation sites excluding steroid dienone is 2. The average molecular weight is 235 g/mol. The zero-order chi connectivity index (χ0) is 12.3. The van der Waals surface area contributed by atoms with Crippen molar-refractivity contribution in [3.05, 3.63) is 36.4 Å². The molecule has 90 valence electrons. The maximum atomic E-state index is 11.8. The third-order valence-corrected chi connectivity index (χ3v) is 2.59. The number of carbonyl (C=O) groups is 2. The van der Waals surface area contributed by atoms with Gasteiger partial charge in [-0.1, -0.05) is 6.58 Å². The SMILES string of the molecule is C=COC1=CC(=O)C(N2CCOCC2)=CC1=O. The van der Waals surface area contributed by atoms with Crippen LogP contribution in [0, 0.1) is 0 Å². The smallest absolute Gasteiger partial charge is 0.223 e. The van der Waals surface area contributed by atoms with Crippen LogP contribution in [0.1, 0.15) is 0 Å². The molecule has 1 saturated heterocycles. The van der Waals surface area contributed by atoms with Gasteiger partial charge in [0.2, 0.25) is 11.6 Å². The molecule has 17 heavy (non-hydrogen) atoms. The Balaban J connectivity index is 2.15. The minimum Gasteiger partial charge on any atom is -0.461 e. The molecule has 1 heterocycles. The van der Waals surface area contributed by atoms with E-state index in [0.717, 1.165) is 6.26 Å². The van der Waals surface area contributed by atoms with Crippen molar-refractivity contribution in [3.8, 4) is 0 Å². The number of nitrogens with zero attached hydrogens (tertiary/aromatic N) is 1. The first kappa shape index (κ1) is 11.6. The van der Waals surface area contributed by atoms with E-state index in [0.29, 0.717) is 32.0 Å². The third kappa shape index (κ3) is 2.45. The largest absolute Gasteiger partial charge is 0.461 e. The van der Waals surface area contributed by atoms with Crippen LogP contribution in [-0.4, -0.2) is 42.8 Å². The van der Waals surface area contributed by atoms with Gasteiger partial charge in [0.25, 0.3) is 0 Å². The summed E-state index contributed by atoms with van der Waals surface area (Å²) in [6, 6.07) is 0. The van der Waals surface area contributed by atoms with Crippen molar-refractivity contribution in [2.75, 3.05) is 26.3 Å². The van der Waals surface area contributed by atoms with Crippen LogP contribution in [0.2, 0.25) is 0 Å². The molecule has 0 saturated carbocycles. The number of ether oxygens (including phenoxy) is 2. The van der Waals surface area contributed by atoms with E-state index in [4.69, 9.17) is 9.47 Å². The zero-order valence-electron chi connectivity index (χ0n) is 9.35. The molecule has 0 unspecified atom stereocenters. The quantitative estimate of drug-likeness (QED) is 0.523. The molecule has 1 fully saturated rings. The highest BCUT2D eigenvalue weighted by Crippen LogP contribution is 2.17. The third-order valence-electron chi connectivity index (χ3n) is 2.59. The van der Waals surface area contributed by atoms with E-state index in [2.05, 4.69) is 6.58 Å². The molecule has 0 atom stereocenters. The van der Waals surface area contributed by atoms with E-state index in [-0.39, 0.29) is 17.3 Å². The van der Waals surface area contributed by atoms with Crippen LogP contribution in [0.3, 0.4) is 0 Å². The van der Waals surface area contributed by atoms with Gasteiger partial charge in [-0.2, -0.15) is 0 Å². The van der Waals surface area contributed by atoms with Gasteiger partial charge in [-0.15, -0.1) is 0 Å². The Morgan fingerprint density at radius 1 is 1.24 bits per heavy atom. The number of carbonyl (C=O) groups excluding carboxylic acids is 2. The fraction of sp³-hybridized carbons (Fsp3) is 0.333. The van der Waals surface area contributed by atoms with Gasteiger partial charge in [0.1, 0.15) is 0 Å². The Morgan fingerprint density at radius 3 is 2.59 bits per heavy atom. The van der Waals surface area contributed by atoms with Crippen LogP contribution in [0.4, 0.5) is 0 Å². The number of hydrogen-bond donors (Lipinski definition) is 0. The first-order valence-electron chi connectivity index (χ1n) is 5.34. The molecule has 0 N–H and O–H groups in total. The fourth-order valence-electron chi connectivity index (χ4n) is 1.76. The Bertz CT molecular complexity index is 416. The van der Waals surface area contributed by atoms with Crippen molar-refractivity contribution < 1.29 is 19.1 Å². The Labute approximate surface area is 99.0 Å². The van der Waals surface area contributed by atoms with Gasteiger partial charge in [0.05, 0.1) is 25.2 Å². The van der Waals surface area contributed by atoms with Gasteiger partial charge in [-0.3, -0.25) is 9.59 Å². The summed E-state index contributed by atoms with van der Waals surface area (Å²) in [5.74, 6) is -0.517. The summed E-state index contributed by atoms with van der Waals surface area (Å²) in [6.45, 7) is 5.73. The van der Waals surface area contributed by atoms with Crippen molar-refractivity contribution in [2.45, 2.75) is 0 Å². The summed E-state index contributed by atoms with van der Waals surface area (Å²) in [5.41, 5.74) is 0.412. The maximum Gasteiger partial charge on any atom is 0.223 e. The van der Waals surface area contributed by atoms with E-state index in [1.807, 2.05) is 4.90 Å². The van der Waals surface area contributed by atoms with E-state index in [1.54, 1.807) is 0 Å². The maximum absolute atomic E-state index is 11.8. The van der Waals surface area contributed by atoms with Crippen LogP contribution < -0.4 is 0 Å². The lowest BCUT2D eigenvalue weighted by Gasteiger charge is -2.30. The predicted molar refractivity (Wildman–Crippen MR) is 59.9 cm³/mol. The molecule has 1 aliphatic carbocycles. The molecular formula is C12H13NO4. The lowest BCUT2D eigenvalue weighted by molar-refractivity contribution is -0.118. The van der Waals surface area contributed by atoms with Gasteiger partial charge < -0.3 is 14.4 Å². The predicted octanol–water partition coefficient (Wildman–Crippen LogP) is 0.398. The average Bonchev–Trinajstić information content (AvgIpc) is 2.35. The van der Waals surface area contributed by atoms with E-state index < -0.39 is 0 Å². The minimum absolute atomic E-state index is 0.0157. The molecule has 0 aromatic carbocycles. The van der Waals surface area contributed by atoms with Crippen LogP contribution in [-0.2, 0) is 19.1 Å². The second-order valence-corrected chi connectivity index (χ2v) is 3.65. The lowest BCUT2D eigenvalue weighted by atomic mass is 10.1. The second kappa shape index (κ2) is 4.97. The van der Waals surface area contributed by atoms with Crippen LogP contribution in [0.25, 0.3) is 0 Å². The summed E-state index contributed by atoms with van der Waals surface area (Å²) in [7, 11) is 0. The summed E-state index contributed by atoms with van der Waals surface area (Å²) in [5, 5.41) is 0. The number of rotatable bonds is 3. The van der Waals surface area contributed by atoms with Gasteiger partial charge >= 0.3 is 0 Å². The monoisotopic (exact) mass is 235 g/mol. The number of hydrogen-bond acceptors (Lipinski definition) is 5. The zero-order valence-corrected chi connectivity index (χ0v) is 9.35. The number of ketones is 2. The van der Waals surface area contributed by atoms with Crippen LogP contribution in [0.15, 0.2) is 36.4 Å². The molecular weight excluding hydrogens is 222 g/mol. The summed E-state index contributed by atoms with van der Waals surface area (Å²) >= 11 is 0. The molecule has 0 spiro atoms. The first-order chi connectivity index (χ1) is 8.22. The molecule has 1 aliphatic heterocycles. The van der Waals surface area contributed by atoms with Crippen molar-refractivity contribution >= 4 is 11.6 Å². The van der Waals surface area contributed by atoms with E-state index >= 15 is 0 Å². The standard InChI is InChI=1S/C12H13NO4/c1-2-17-12-8-10(14)9(7-11(12)15)13-3-5-16-6-4-13/h2,7-8H,1,3-6H2. The Morgan fingerprint density at radius 2 is 1.94 bits per heavy atom. The number of morpholine rings is 1. The second-order valence-electron chi connectivity index (χ2n) is 3.65. The summed E-state index contributed by atoms with van der Waals surface area (Å²) in [6.07, 6.45) is 3.64. The van der Waals surface area contributed by atoms with Gasteiger partial charge in [0.15, 0.2) is 5.76 Å². The molecule has 5 heteroatoms. The molecule has 2 rings (SSSR count). The highest BCUT2D eigenvalue weighted by molar-refractivity contribution is 6.18. The highest BCUT2D eigenvalue weighted by atomic mass is 16.5. The minimum atomic E-state index is -0.314. The van der Waals surface area contributed by atoms with Crippen molar-refractivity contribution in [3.63, 3.8) is 0 Å². The molecule has 0 bridgehead atoms. The molecule has 0 amide bonds. The van der Waals surface area contributed by atoms with Gasteiger partial charge in [-0.25, -0.2) is 0 Å². The first-order valence-corrected chi connectivity index (χ1v) is 5.34. The molecule has 0 aromatic rings. The van der Waals surface area contributed by atoms with Crippen LogP contribution in [0.5, 0.6) is 0 Å². The van der Waals surface area contributed by atoms with Crippen molar-refractivity contribution in [1.29, 1.82) is 0 Å². The lowest BCUT2D eigenvalue weighted by Crippen LogP contribution is -2.39. The highest BCUT2D eigenvalue weighted by Gasteiger charge is 2.26. The molecule has 0 aromatic heterocycles. The van der Waals surface area contributed by atoms with Crippen LogP contribution >= 0.6 is 0 Å².